The SMILES string of the molecule is CC(=O)c1ccc(N(Cc2ccccc2)C(C)C)cc1O. The van der Waals surface area contributed by atoms with Crippen molar-refractivity contribution in [3.8, 4) is 5.75 Å². The minimum atomic E-state index is -0.127. The molecule has 0 aliphatic rings. The Morgan fingerprint density at radius 2 is 1.81 bits per heavy atom. The third kappa shape index (κ3) is 3.63. The molecule has 0 aromatic heterocycles. The molecule has 0 atom stereocenters. The van der Waals surface area contributed by atoms with Crippen molar-refractivity contribution >= 4 is 11.5 Å². The smallest absolute Gasteiger partial charge is 0.163 e. The third-order valence-electron chi connectivity index (χ3n) is 3.51. The number of Topliss-reactive ketones (excluding diaryl/α,β-unsaturated/α-hetero) is 1. The quantitative estimate of drug-likeness (QED) is 0.843. The van der Waals surface area contributed by atoms with Crippen LogP contribution in [0.25, 0.3) is 0 Å². The van der Waals surface area contributed by atoms with Gasteiger partial charge in [-0.2, -0.15) is 0 Å². The third-order valence-corrected chi connectivity index (χ3v) is 3.51. The van der Waals surface area contributed by atoms with Gasteiger partial charge in [0, 0.05) is 24.3 Å². The van der Waals surface area contributed by atoms with Crippen LogP contribution in [0.4, 0.5) is 5.69 Å². The van der Waals surface area contributed by atoms with Crippen molar-refractivity contribution in [2.24, 2.45) is 0 Å². The van der Waals surface area contributed by atoms with E-state index >= 15 is 0 Å². The summed E-state index contributed by atoms with van der Waals surface area (Å²) in [5.74, 6) is -0.0862. The highest BCUT2D eigenvalue weighted by Crippen LogP contribution is 2.27. The zero-order valence-corrected chi connectivity index (χ0v) is 12.7. The Labute approximate surface area is 125 Å². The second-order valence-electron chi connectivity index (χ2n) is 5.46. The summed E-state index contributed by atoms with van der Waals surface area (Å²) in [5, 5.41) is 10.0. The molecule has 21 heavy (non-hydrogen) atoms. The van der Waals surface area contributed by atoms with Gasteiger partial charge in [0.15, 0.2) is 5.78 Å². The molecule has 0 saturated carbocycles. The summed E-state index contributed by atoms with van der Waals surface area (Å²) in [4.78, 5) is 13.6. The van der Waals surface area contributed by atoms with E-state index in [0.29, 0.717) is 5.56 Å². The van der Waals surface area contributed by atoms with E-state index in [1.807, 2.05) is 24.3 Å². The van der Waals surface area contributed by atoms with E-state index < -0.39 is 0 Å². The molecule has 0 bridgehead atoms. The van der Waals surface area contributed by atoms with Crippen molar-refractivity contribution in [3.63, 3.8) is 0 Å². The number of rotatable bonds is 5. The first-order valence-corrected chi connectivity index (χ1v) is 7.13. The van der Waals surface area contributed by atoms with Crippen molar-refractivity contribution in [2.45, 2.75) is 33.4 Å². The van der Waals surface area contributed by atoms with Crippen LogP contribution >= 0.6 is 0 Å². The molecule has 0 aliphatic carbocycles. The van der Waals surface area contributed by atoms with Gasteiger partial charge in [0.25, 0.3) is 0 Å². The van der Waals surface area contributed by atoms with E-state index in [-0.39, 0.29) is 17.6 Å². The molecule has 0 aliphatic heterocycles. The molecule has 2 aromatic carbocycles. The summed E-state index contributed by atoms with van der Waals surface area (Å²) in [6.45, 7) is 6.44. The van der Waals surface area contributed by atoms with E-state index in [9.17, 15) is 9.90 Å². The van der Waals surface area contributed by atoms with Crippen molar-refractivity contribution in [1.82, 2.24) is 0 Å². The van der Waals surface area contributed by atoms with Gasteiger partial charge in [0.05, 0.1) is 5.56 Å². The van der Waals surface area contributed by atoms with Crippen LogP contribution in [0.3, 0.4) is 0 Å². The molecule has 0 unspecified atom stereocenters. The van der Waals surface area contributed by atoms with Gasteiger partial charge in [-0.1, -0.05) is 30.3 Å². The van der Waals surface area contributed by atoms with Crippen LogP contribution in [0.1, 0.15) is 36.7 Å². The van der Waals surface area contributed by atoms with Gasteiger partial charge < -0.3 is 10.0 Å². The number of anilines is 1. The first-order chi connectivity index (χ1) is 9.99. The predicted octanol–water partition coefficient (Wildman–Crippen LogP) is 4.01. The number of carbonyl (C=O) groups is 1. The number of phenolic OH excluding ortho intramolecular Hbond substituents is 1. The van der Waals surface area contributed by atoms with Crippen LogP contribution in [0, 0.1) is 0 Å². The lowest BCUT2D eigenvalue weighted by Crippen LogP contribution is -2.30. The van der Waals surface area contributed by atoms with Crippen molar-refractivity contribution in [2.75, 3.05) is 4.90 Å². The lowest BCUT2D eigenvalue weighted by Gasteiger charge is -2.29. The lowest BCUT2D eigenvalue weighted by atomic mass is 10.1. The first-order valence-electron chi connectivity index (χ1n) is 7.13. The zero-order chi connectivity index (χ0) is 15.4. The Kier molecular flexibility index (Phi) is 4.63. The summed E-state index contributed by atoms with van der Waals surface area (Å²) in [6.07, 6.45) is 0. The summed E-state index contributed by atoms with van der Waals surface area (Å²) in [6, 6.07) is 15.7. The maximum absolute atomic E-state index is 11.4. The largest absolute Gasteiger partial charge is 0.507 e. The van der Waals surface area contributed by atoms with Crippen LogP contribution in [-0.4, -0.2) is 16.9 Å². The van der Waals surface area contributed by atoms with E-state index in [1.54, 1.807) is 12.1 Å². The normalized spacial score (nSPS) is 10.7. The number of nitrogens with zero attached hydrogens (tertiary/aromatic N) is 1. The minimum Gasteiger partial charge on any atom is -0.507 e. The molecule has 3 nitrogen and oxygen atoms in total. The van der Waals surface area contributed by atoms with Crippen molar-refractivity contribution in [1.29, 1.82) is 0 Å². The van der Waals surface area contributed by atoms with Gasteiger partial charge in [-0.3, -0.25) is 4.79 Å². The Hall–Kier alpha value is -2.29. The van der Waals surface area contributed by atoms with Gasteiger partial charge in [-0.15, -0.1) is 0 Å². The van der Waals surface area contributed by atoms with Gasteiger partial charge in [0.1, 0.15) is 5.75 Å². The number of hydrogen-bond donors (Lipinski definition) is 1. The van der Waals surface area contributed by atoms with Gasteiger partial charge in [0.2, 0.25) is 0 Å². The maximum atomic E-state index is 11.4. The fourth-order valence-corrected chi connectivity index (χ4v) is 2.35. The standard InChI is InChI=1S/C18H21NO2/c1-13(2)19(12-15-7-5-4-6-8-15)16-9-10-17(14(3)20)18(21)11-16/h4-11,13,21H,12H2,1-3H3. The highest BCUT2D eigenvalue weighted by atomic mass is 16.3. The number of aromatic hydroxyl groups is 1. The molecule has 0 radical (unpaired) electrons. The summed E-state index contributed by atoms with van der Waals surface area (Å²) < 4.78 is 0. The van der Waals surface area contributed by atoms with Crippen molar-refractivity contribution < 1.29 is 9.90 Å². The van der Waals surface area contributed by atoms with Crippen LogP contribution < -0.4 is 4.90 Å². The Bertz CT molecular complexity index is 620. The Morgan fingerprint density at radius 1 is 1.14 bits per heavy atom. The monoisotopic (exact) mass is 283 g/mol. The van der Waals surface area contributed by atoms with E-state index in [2.05, 4.69) is 30.9 Å². The number of benzene rings is 2. The highest BCUT2D eigenvalue weighted by Gasteiger charge is 2.14. The Morgan fingerprint density at radius 3 is 2.33 bits per heavy atom. The minimum absolute atomic E-state index is 0.0405. The highest BCUT2D eigenvalue weighted by molar-refractivity contribution is 5.97. The molecule has 110 valence electrons. The lowest BCUT2D eigenvalue weighted by molar-refractivity contribution is 0.101. The number of carbonyl (C=O) groups excluding carboxylic acids is 1. The van der Waals surface area contributed by atoms with E-state index in [4.69, 9.17) is 0 Å². The Balaban J connectivity index is 2.31. The number of ketones is 1. The molecular formula is C18H21NO2. The molecule has 0 fully saturated rings. The molecule has 0 spiro atoms. The molecule has 0 amide bonds. The molecule has 2 aromatic rings. The van der Waals surface area contributed by atoms with Crippen molar-refractivity contribution in [3.05, 3.63) is 59.7 Å². The molecular weight excluding hydrogens is 262 g/mol. The maximum Gasteiger partial charge on any atom is 0.163 e. The van der Waals surface area contributed by atoms with Crippen LogP contribution in [0.2, 0.25) is 0 Å². The van der Waals surface area contributed by atoms with Gasteiger partial charge in [-0.25, -0.2) is 0 Å². The molecule has 0 saturated heterocycles. The van der Waals surface area contributed by atoms with Crippen LogP contribution in [-0.2, 0) is 6.54 Å². The summed E-state index contributed by atoms with van der Waals surface area (Å²) in [5.41, 5.74) is 2.49. The number of phenols is 1. The molecule has 1 N–H and O–H groups in total. The molecule has 0 heterocycles. The average Bonchev–Trinajstić information content (AvgIpc) is 2.45. The number of hydrogen-bond acceptors (Lipinski definition) is 3. The fourth-order valence-electron chi connectivity index (χ4n) is 2.35. The molecule has 3 heteroatoms. The average molecular weight is 283 g/mol. The fraction of sp³-hybridized carbons (Fsp3) is 0.278. The van der Waals surface area contributed by atoms with Gasteiger partial charge >= 0.3 is 0 Å². The summed E-state index contributed by atoms with van der Waals surface area (Å²) >= 11 is 0. The van der Waals surface area contributed by atoms with E-state index in [0.717, 1.165) is 12.2 Å². The zero-order valence-electron chi connectivity index (χ0n) is 12.7. The summed E-state index contributed by atoms with van der Waals surface area (Å²) in [7, 11) is 0. The predicted molar refractivity (Wildman–Crippen MR) is 85.9 cm³/mol. The van der Waals surface area contributed by atoms with E-state index in [1.165, 1.54) is 12.5 Å². The van der Waals surface area contributed by atoms with Gasteiger partial charge in [-0.05, 0) is 38.5 Å². The molecule has 2 rings (SSSR count). The topological polar surface area (TPSA) is 40.5 Å². The van der Waals surface area contributed by atoms with Crippen LogP contribution in [0.5, 0.6) is 5.75 Å². The second-order valence-corrected chi connectivity index (χ2v) is 5.46. The second kappa shape index (κ2) is 6.44. The first kappa shape index (κ1) is 15.1. The van der Waals surface area contributed by atoms with Crippen LogP contribution in [0.15, 0.2) is 48.5 Å².